The van der Waals surface area contributed by atoms with Crippen molar-refractivity contribution in [3.63, 3.8) is 0 Å². The van der Waals surface area contributed by atoms with Gasteiger partial charge in [-0.3, -0.25) is 0 Å². The molecule has 0 aliphatic rings. The first-order chi connectivity index (χ1) is 11.2. The lowest BCUT2D eigenvalue weighted by Gasteiger charge is -2.07. The molecule has 0 saturated carbocycles. The van der Waals surface area contributed by atoms with Gasteiger partial charge in [0.25, 0.3) is 0 Å². The molecule has 0 aliphatic heterocycles. The number of benzene rings is 2. The number of aromatic amines is 1. The van der Waals surface area contributed by atoms with E-state index in [1.54, 1.807) is 17.4 Å². The number of rotatable bonds is 0. The second-order valence-corrected chi connectivity index (χ2v) is 7.60. The first-order valence-corrected chi connectivity index (χ1v) is 8.53. The fourth-order valence-electron chi connectivity index (χ4n) is 3.63. The molecule has 0 spiro atoms. The maximum absolute atomic E-state index is 13.0. The van der Waals surface area contributed by atoms with Gasteiger partial charge < -0.3 is 4.98 Å². The van der Waals surface area contributed by atoms with Gasteiger partial charge in [0.15, 0.2) is 0 Å². The maximum Gasteiger partial charge on any atom is 0.416 e. The number of alkyl halides is 3. The smallest absolute Gasteiger partial charge is 0.354 e. The second kappa shape index (κ2) is 4.76. The van der Waals surface area contributed by atoms with Crippen LogP contribution in [-0.2, 0) is 6.18 Å². The molecule has 124 valence electrons. The summed E-state index contributed by atoms with van der Waals surface area (Å²) >= 11 is 1.76. The Hall–Kier alpha value is -2.01. The van der Waals surface area contributed by atoms with Gasteiger partial charge in [-0.1, -0.05) is 6.07 Å². The topological polar surface area (TPSA) is 15.8 Å². The van der Waals surface area contributed by atoms with Crippen molar-refractivity contribution in [2.45, 2.75) is 33.9 Å². The Balaban J connectivity index is 2.19. The Bertz CT molecular complexity index is 1130. The van der Waals surface area contributed by atoms with E-state index < -0.39 is 11.7 Å². The number of H-pyrrole nitrogens is 1. The van der Waals surface area contributed by atoms with Crippen molar-refractivity contribution in [3.8, 4) is 0 Å². The van der Waals surface area contributed by atoms with Crippen LogP contribution in [0.15, 0.2) is 18.2 Å². The number of aryl methyl sites for hydroxylation is 4. The first-order valence-electron chi connectivity index (χ1n) is 7.71. The van der Waals surface area contributed by atoms with Gasteiger partial charge in [0, 0.05) is 31.3 Å². The molecule has 24 heavy (non-hydrogen) atoms. The number of halogens is 3. The predicted octanol–water partition coefficient (Wildman–Crippen LogP) is 6.79. The van der Waals surface area contributed by atoms with E-state index in [9.17, 15) is 13.2 Å². The van der Waals surface area contributed by atoms with Crippen molar-refractivity contribution in [3.05, 3.63) is 45.3 Å². The highest BCUT2D eigenvalue weighted by Crippen LogP contribution is 2.43. The van der Waals surface area contributed by atoms with Crippen LogP contribution in [0.25, 0.3) is 31.9 Å². The van der Waals surface area contributed by atoms with E-state index in [4.69, 9.17) is 0 Å². The van der Waals surface area contributed by atoms with Gasteiger partial charge in [0.05, 0.1) is 11.1 Å². The quantitative estimate of drug-likeness (QED) is 0.360. The molecule has 0 fully saturated rings. The Labute approximate surface area is 141 Å². The Kier molecular flexibility index (Phi) is 3.08. The molecule has 0 radical (unpaired) electrons. The summed E-state index contributed by atoms with van der Waals surface area (Å²) in [5.41, 5.74) is 4.36. The summed E-state index contributed by atoms with van der Waals surface area (Å²) in [6.07, 6.45) is -4.33. The number of fused-ring (bicyclic) bond motifs is 4. The Morgan fingerprint density at radius 2 is 1.62 bits per heavy atom. The van der Waals surface area contributed by atoms with Crippen LogP contribution in [0.1, 0.15) is 27.1 Å². The van der Waals surface area contributed by atoms with E-state index in [1.807, 2.05) is 6.92 Å². The molecular weight excluding hydrogens is 331 g/mol. The molecule has 1 N–H and O–H groups in total. The lowest BCUT2D eigenvalue weighted by molar-refractivity contribution is -0.137. The van der Waals surface area contributed by atoms with Gasteiger partial charge in [0.1, 0.15) is 0 Å². The molecule has 1 nitrogen and oxygen atoms in total. The lowest BCUT2D eigenvalue weighted by atomic mass is 9.98. The highest BCUT2D eigenvalue weighted by molar-refractivity contribution is 7.19. The second-order valence-electron chi connectivity index (χ2n) is 6.37. The average molecular weight is 347 g/mol. The van der Waals surface area contributed by atoms with Crippen molar-refractivity contribution in [1.29, 1.82) is 0 Å². The van der Waals surface area contributed by atoms with Gasteiger partial charge in [-0.25, -0.2) is 0 Å². The molecule has 0 unspecified atom stereocenters. The number of aromatic nitrogens is 1. The molecule has 0 bridgehead atoms. The van der Waals surface area contributed by atoms with Gasteiger partial charge in [-0.2, -0.15) is 13.2 Å². The summed E-state index contributed by atoms with van der Waals surface area (Å²) in [4.78, 5) is 4.52. The van der Waals surface area contributed by atoms with Crippen LogP contribution in [0.2, 0.25) is 0 Å². The van der Waals surface area contributed by atoms with E-state index in [0.29, 0.717) is 5.52 Å². The van der Waals surface area contributed by atoms with E-state index in [2.05, 4.69) is 25.8 Å². The van der Waals surface area contributed by atoms with Crippen LogP contribution >= 0.6 is 11.3 Å². The van der Waals surface area contributed by atoms with E-state index in [0.717, 1.165) is 27.4 Å². The minimum absolute atomic E-state index is 0.540. The van der Waals surface area contributed by atoms with Crippen LogP contribution in [0.4, 0.5) is 13.2 Å². The largest absolute Gasteiger partial charge is 0.416 e. The normalized spacial score (nSPS) is 12.8. The van der Waals surface area contributed by atoms with Crippen molar-refractivity contribution in [2.24, 2.45) is 0 Å². The third kappa shape index (κ3) is 1.94. The Morgan fingerprint density at radius 3 is 2.29 bits per heavy atom. The SMILES string of the molecule is Cc1sc2c(C)c3c([nH]c4cc(C(F)(F)F)ccc43)c(C)c2c1C. The summed E-state index contributed by atoms with van der Waals surface area (Å²) in [6.45, 7) is 8.32. The molecule has 5 heteroatoms. The minimum Gasteiger partial charge on any atom is -0.354 e. The van der Waals surface area contributed by atoms with Crippen LogP contribution in [0.5, 0.6) is 0 Å². The van der Waals surface area contributed by atoms with Gasteiger partial charge >= 0.3 is 6.18 Å². The fourth-order valence-corrected chi connectivity index (χ4v) is 4.85. The van der Waals surface area contributed by atoms with Crippen molar-refractivity contribution >= 4 is 43.2 Å². The van der Waals surface area contributed by atoms with E-state index in [-0.39, 0.29) is 0 Å². The van der Waals surface area contributed by atoms with Crippen LogP contribution in [0, 0.1) is 27.7 Å². The number of nitrogens with one attached hydrogen (secondary N) is 1. The third-order valence-corrected chi connectivity index (χ3v) is 6.30. The summed E-state index contributed by atoms with van der Waals surface area (Å²) in [7, 11) is 0. The number of hydrogen-bond donors (Lipinski definition) is 1. The van der Waals surface area contributed by atoms with E-state index in [1.165, 1.54) is 32.7 Å². The Morgan fingerprint density at radius 1 is 0.917 bits per heavy atom. The lowest BCUT2D eigenvalue weighted by Crippen LogP contribution is -2.03. The zero-order chi connectivity index (χ0) is 17.4. The third-order valence-electron chi connectivity index (χ3n) is 4.98. The minimum atomic E-state index is -4.33. The highest BCUT2D eigenvalue weighted by Gasteiger charge is 2.31. The molecule has 2 aromatic heterocycles. The molecule has 0 atom stereocenters. The van der Waals surface area contributed by atoms with E-state index >= 15 is 0 Å². The zero-order valence-corrected chi connectivity index (χ0v) is 14.6. The molecule has 0 amide bonds. The molecule has 0 aliphatic carbocycles. The van der Waals surface area contributed by atoms with Gasteiger partial charge in [-0.15, -0.1) is 11.3 Å². The van der Waals surface area contributed by atoms with Crippen molar-refractivity contribution in [2.75, 3.05) is 0 Å². The summed E-state index contributed by atoms with van der Waals surface area (Å²) < 4.78 is 40.2. The molecule has 2 heterocycles. The number of hydrogen-bond acceptors (Lipinski definition) is 1. The first kappa shape index (κ1) is 15.5. The zero-order valence-electron chi connectivity index (χ0n) is 13.8. The fraction of sp³-hybridized carbons (Fsp3) is 0.263. The maximum atomic E-state index is 13.0. The molecular formula is C19H16F3NS. The van der Waals surface area contributed by atoms with Gasteiger partial charge in [0.2, 0.25) is 0 Å². The average Bonchev–Trinajstić information content (AvgIpc) is 3.03. The monoisotopic (exact) mass is 347 g/mol. The van der Waals surface area contributed by atoms with Crippen molar-refractivity contribution in [1.82, 2.24) is 4.98 Å². The summed E-state index contributed by atoms with van der Waals surface area (Å²) in [5.74, 6) is 0. The van der Waals surface area contributed by atoms with Crippen LogP contribution < -0.4 is 0 Å². The standard InChI is InChI=1S/C19H16F3NS/c1-8-11(4)24-18-10(3)16-13-6-5-12(19(20,21)22)7-14(13)23-17(16)9(2)15(8)18/h5-7,23H,1-4H3. The van der Waals surface area contributed by atoms with Crippen LogP contribution in [0.3, 0.4) is 0 Å². The highest BCUT2D eigenvalue weighted by atomic mass is 32.1. The number of thiophene rings is 1. The molecule has 4 rings (SSSR count). The van der Waals surface area contributed by atoms with Gasteiger partial charge in [-0.05, 0) is 56.5 Å². The summed E-state index contributed by atoms with van der Waals surface area (Å²) in [6, 6.07) is 3.96. The summed E-state index contributed by atoms with van der Waals surface area (Å²) in [5, 5.41) is 3.11. The van der Waals surface area contributed by atoms with Crippen molar-refractivity contribution < 1.29 is 13.2 Å². The molecule has 0 saturated heterocycles. The molecule has 4 aromatic rings. The predicted molar refractivity (Wildman–Crippen MR) is 95.1 cm³/mol. The molecule has 2 aromatic carbocycles. The van der Waals surface area contributed by atoms with Crippen LogP contribution in [-0.4, -0.2) is 4.98 Å².